The normalized spacial score (nSPS) is 12.0. The summed E-state index contributed by atoms with van der Waals surface area (Å²) in [6.07, 6.45) is 0. The minimum Gasteiger partial charge on any atom is -0.418 e. The first-order valence-electron chi connectivity index (χ1n) is 8.88. The second-order valence-electron chi connectivity index (χ2n) is 6.52. The maximum Gasteiger partial charge on any atom is 0.247 e. The van der Waals surface area contributed by atoms with Gasteiger partial charge in [-0.05, 0) is 48.9 Å². The van der Waals surface area contributed by atoms with Crippen molar-refractivity contribution in [1.82, 2.24) is 10.2 Å². The third kappa shape index (κ3) is 4.12. The molecule has 1 aromatic heterocycles. The molecule has 0 unspecified atom stereocenters. The van der Waals surface area contributed by atoms with E-state index in [2.05, 4.69) is 15.5 Å². The molecule has 3 aromatic carbocycles. The molecule has 1 atom stereocenters. The van der Waals surface area contributed by atoms with Gasteiger partial charge in [-0.2, -0.15) is 0 Å². The molecule has 4 rings (SSSR count). The molecular formula is C22H16ClF2N3O. The summed E-state index contributed by atoms with van der Waals surface area (Å²) < 4.78 is 33.4. The fourth-order valence-electron chi connectivity index (χ4n) is 2.91. The van der Waals surface area contributed by atoms with Crippen LogP contribution in [0.25, 0.3) is 11.5 Å². The summed E-state index contributed by atoms with van der Waals surface area (Å²) in [5.74, 6) is -0.261. The fraction of sp³-hybridized carbons (Fsp3) is 0.0909. The molecule has 1 N–H and O–H groups in total. The van der Waals surface area contributed by atoms with Gasteiger partial charge in [0.1, 0.15) is 17.7 Å². The van der Waals surface area contributed by atoms with Crippen molar-refractivity contribution in [2.75, 3.05) is 5.32 Å². The third-order valence-corrected chi connectivity index (χ3v) is 4.79. The molecule has 0 saturated carbocycles. The Balaban J connectivity index is 1.76. The van der Waals surface area contributed by atoms with Gasteiger partial charge in [0, 0.05) is 21.8 Å². The number of nitrogens with zero attached hydrogens (tertiary/aromatic N) is 2. The van der Waals surface area contributed by atoms with Crippen molar-refractivity contribution < 1.29 is 13.2 Å². The number of rotatable bonds is 5. The zero-order valence-corrected chi connectivity index (χ0v) is 16.1. The summed E-state index contributed by atoms with van der Waals surface area (Å²) in [6.45, 7) is 1.68. The van der Waals surface area contributed by atoms with Gasteiger partial charge < -0.3 is 9.73 Å². The van der Waals surface area contributed by atoms with Crippen LogP contribution in [0.5, 0.6) is 0 Å². The number of hydrogen-bond donors (Lipinski definition) is 1. The molecule has 4 nitrogen and oxygen atoms in total. The summed E-state index contributed by atoms with van der Waals surface area (Å²) in [4.78, 5) is 0. The lowest BCUT2D eigenvalue weighted by atomic mass is 10.1. The molecule has 0 spiro atoms. The first kappa shape index (κ1) is 19.1. The highest BCUT2D eigenvalue weighted by molar-refractivity contribution is 6.31. The van der Waals surface area contributed by atoms with Gasteiger partial charge in [0.05, 0.1) is 0 Å². The monoisotopic (exact) mass is 411 g/mol. The number of aromatic nitrogens is 2. The standard InChI is InChI=1S/C22H16ClF2N3O/c1-13-7-9-16(12-19(13)25)26-20(17-10-8-15(24)11-18(17)23)22-28-27-21(29-22)14-5-3-2-4-6-14/h2-12,20,26H,1H3/t20-/m0/s1. The maximum atomic E-state index is 14.0. The minimum atomic E-state index is -0.699. The van der Waals surface area contributed by atoms with Crippen molar-refractivity contribution in [3.63, 3.8) is 0 Å². The molecule has 0 bridgehead atoms. The fourth-order valence-corrected chi connectivity index (χ4v) is 3.18. The van der Waals surface area contributed by atoms with Crippen molar-refractivity contribution in [3.05, 3.63) is 100 Å². The van der Waals surface area contributed by atoms with Crippen molar-refractivity contribution in [3.8, 4) is 11.5 Å². The molecule has 0 fully saturated rings. The van der Waals surface area contributed by atoms with E-state index >= 15 is 0 Å². The van der Waals surface area contributed by atoms with Crippen molar-refractivity contribution >= 4 is 17.3 Å². The highest BCUT2D eigenvalue weighted by Gasteiger charge is 2.24. The Morgan fingerprint density at radius 3 is 2.48 bits per heavy atom. The van der Waals surface area contributed by atoms with Crippen molar-refractivity contribution in [2.24, 2.45) is 0 Å². The highest BCUT2D eigenvalue weighted by atomic mass is 35.5. The van der Waals surface area contributed by atoms with Gasteiger partial charge in [0.2, 0.25) is 11.8 Å². The highest BCUT2D eigenvalue weighted by Crippen LogP contribution is 2.33. The lowest BCUT2D eigenvalue weighted by molar-refractivity contribution is 0.493. The van der Waals surface area contributed by atoms with Gasteiger partial charge in [-0.15, -0.1) is 10.2 Å². The SMILES string of the molecule is Cc1ccc(N[C@H](c2nnc(-c3ccccc3)o2)c2ccc(F)cc2Cl)cc1F. The number of hydrogen-bond acceptors (Lipinski definition) is 4. The Morgan fingerprint density at radius 1 is 0.966 bits per heavy atom. The Morgan fingerprint density at radius 2 is 1.76 bits per heavy atom. The van der Waals surface area contributed by atoms with E-state index in [0.29, 0.717) is 22.7 Å². The number of aryl methyl sites for hydroxylation is 1. The molecule has 4 aromatic rings. The Bertz CT molecular complexity index is 1150. The van der Waals surface area contributed by atoms with Crippen molar-refractivity contribution in [1.29, 1.82) is 0 Å². The summed E-state index contributed by atoms with van der Waals surface area (Å²) in [5, 5.41) is 11.6. The van der Waals surface area contributed by atoms with Gasteiger partial charge in [-0.1, -0.05) is 41.9 Å². The summed E-state index contributed by atoms with van der Waals surface area (Å²) in [6, 6.07) is 17.4. The van der Waals surface area contributed by atoms with E-state index in [0.717, 1.165) is 5.56 Å². The average Bonchev–Trinajstić information content (AvgIpc) is 3.20. The maximum absolute atomic E-state index is 14.0. The molecular weight excluding hydrogens is 396 g/mol. The smallest absolute Gasteiger partial charge is 0.247 e. The van der Waals surface area contributed by atoms with Crippen LogP contribution in [-0.4, -0.2) is 10.2 Å². The van der Waals surface area contributed by atoms with Crippen LogP contribution in [0.1, 0.15) is 23.1 Å². The summed E-state index contributed by atoms with van der Waals surface area (Å²) in [5.41, 5.74) is 2.31. The molecule has 0 aliphatic heterocycles. The van der Waals surface area contributed by atoms with Crippen LogP contribution in [0, 0.1) is 18.6 Å². The van der Waals surface area contributed by atoms with Crippen LogP contribution in [0.3, 0.4) is 0 Å². The number of benzene rings is 3. The van der Waals surface area contributed by atoms with Crippen LogP contribution in [0.4, 0.5) is 14.5 Å². The second-order valence-corrected chi connectivity index (χ2v) is 6.93. The van der Waals surface area contributed by atoms with E-state index in [1.165, 1.54) is 24.3 Å². The number of anilines is 1. The molecule has 7 heteroatoms. The van der Waals surface area contributed by atoms with Gasteiger partial charge in [-0.3, -0.25) is 0 Å². The van der Waals surface area contributed by atoms with Gasteiger partial charge in [0.25, 0.3) is 0 Å². The van der Waals surface area contributed by atoms with Crippen LogP contribution >= 0.6 is 11.6 Å². The Labute approximate surface area is 171 Å². The minimum absolute atomic E-state index is 0.189. The summed E-state index contributed by atoms with van der Waals surface area (Å²) in [7, 11) is 0. The van der Waals surface area contributed by atoms with E-state index in [-0.39, 0.29) is 16.7 Å². The largest absolute Gasteiger partial charge is 0.418 e. The zero-order valence-electron chi connectivity index (χ0n) is 15.4. The van der Waals surface area contributed by atoms with E-state index < -0.39 is 11.9 Å². The first-order chi connectivity index (χ1) is 14.0. The van der Waals surface area contributed by atoms with E-state index in [9.17, 15) is 8.78 Å². The topological polar surface area (TPSA) is 51.0 Å². The molecule has 146 valence electrons. The van der Waals surface area contributed by atoms with Gasteiger partial charge >= 0.3 is 0 Å². The Hall–Kier alpha value is -3.25. The quantitative estimate of drug-likeness (QED) is 0.426. The van der Waals surface area contributed by atoms with Crippen molar-refractivity contribution in [2.45, 2.75) is 13.0 Å². The molecule has 1 heterocycles. The Kier molecular flexibility index (Phi) is 5.27. The lowest BCUT2D eigenvalue weighted by Crippen LogP contribution is -2.14. The van der Waals surface area contributed by atoms with Crippen LogP contribution in [0.2, 0.25) is 5.02 Å². The first-order valence-corrected chi connectivity index (χ1v) is 9.25. The summed E-state index contributed by atoms with van der Waals surface area (Å²) >= 11 is 6.28. The molecule has 0 aliphatic carbocycles. The van der Waals surface area contributed by atoms with Gasteiger partial charge in [-0.25, -0.2) is 8.78 Å². The lowest BCUT2D eigenvalue weighted by Gasteiger charge is -2.18. The number of nitrogens with one attached hydrogen (secondary N) is 1. The van der Waals surface area contributed by atoms with Crippen LogP contribution < -0.4 is 5.32 Å². The average molecular weight is 412 g/mol. The van der Waals surface area contributed by atoms with E-state index in [4.69, 9.17) is 16.0 Å². The number of halogens is 3. The zero-order chi connectivity index (χ0) is 20.4. The van der Waals surface area contributed by atoms with Gasteiger partial charge in [0.15, 0.2) is 0 Å². The molecule has 29 heavy (non-hydrogen) atoms. The van der Waals surface area contributed by atoms with E-state index in [1.807, 2.05) is 30.3 Å². The van der Waals surface area contributed by atoms with Crippen LogP contribution in [0.15, 0.2) is 71.1 Å². The predicted octanol–water partition coefficient (Wildman–Crippen LogP) is 6.18. The molecule has 0 radical (unpaired) electrons. The molecule has 0 aliphatic rings. The molecule has 0 saturated heterocycles. The molecule has 0 amide bonds. The van der Waals surface area contributed by atoms with E-state index in [1.54, 1.807) is 19.1 Å². The predicted molar refractivity (Wildman–Crippen MR) is 108 cm³/mol. The second kappa shape index (κ2) is 8.01. The van der Waals surface area contributed by atoms with Crippen LogP contribution in [-0.2, 0) is 0 Å². The third-order valence-electron chi connectivity index (χ3n) is 4.46.